The van der Waals surface area contributed by atoms with Crippen molar-refractivity contribution in [1.82, 2.24) is 0 Å². The second-order valence-corrected chi connectivity index (χ2v) is 7.20. The van der Waals surface area contributed by atoms with Crippen LogP contribution in [0.15, 0.2) is 42.5 Å². The van der Waals surface area contributed by atoms with E-state index in [9.17, 15) is 8.78 Å². The maximum absolute atomic E-state index is 13.2. The molecule has 0 aliphatic heterocycles. The fourth-order valence-electron chi connectivity index (χ4n) is 3.51. The van der Waals surface area contributed by atoms with Gasteiger partial charge in [-0.25, -0.2) is 8.78 Å². The van der Waals surface area contributed by atoms with Crippen LogP contribution in [0.3, 0.4) is 0 Å². The third kappa shape index (κ3) is 5.65. The van der Waals surface area contributed by atoms with Gasteiger partial charge in [-0.2, -0.15) is 0 Å². The Morgan fingerprint density at radius 3 is 2.22 bits per heavy atom. The molecule has 142 valence electrons. The SMILES string of the molecule is CCCCOC1CCC(c2ccc(C#Cc3ccc(F)c(F)c3)cc2)CC1. The van der Waals surface area contributed by atoms with Crippen molar-refractivity contribution in [2.45, 2.75) is 57.5 Å². The molecule has 0 radical (unpaired) electrons. The molecule has 0 aromatic heterocycles. The second kappa shape index (κ2) is 9.67. The molecule has 3 rings (SSSR count). The summed E-state index contributed by atoms with van der Waals surface area (Å²) in [7, 11) is 0. The van der Waals surface area contributed by atoms with Crippen molar-refractivity contribution in [2.24, 2.45) is 0 Å². The molecule has 0 spiro atoms. The largest absolute Gasteiger partial charge is 0.378 e. The lowest BCUT2D eigenvalue weighted by molar-refractivity contribution is 0.0232. The molecule has 0 heterocycles. The van der Waals surface area contributed by atoms with E-state index in [0.29, 0.717) is 17.6 Å². The predicted molar refractivity (Wildman–Crippen MR) is 105 cm³/mol. The molecule has 0 N–H and O–H groups in total. The van der Waals surface area contributed by atoms with Gasteiger partial charge in [0.25, 0.3) is 0 Å². The number of rotatable bonds is 5. The first-order valence-electron chi connectivity index (χ1n) is 9.84. The van der Waals surface area contributed by atoms with E-state index in [-0.39, 0.29) is 0 Å². The van der Waals surface area contributed by atoms with Crippen LogP contribution in [0.4, 0.5) is 8.78 Å². The highest BCUT2D eigenvalue weighted by Gasteiger charge is 2.22. The Morgan fingerprint density at radius 1 is 0.889 bits per heavy atom. The third-order valence-electron chi connectivity index (χ3n) is 5.18. The third-order valence-corrected chi connectivity index (χ3v) is 5.18. The van der Waals surface area contributed by atoms with E-state index < -0.39 is 11.6 Å². The summed E-state index contributed by atoms with van der Waals surface area (Å²) < 4.78 is 32.1. The van der Waals surface area contributed by atoms with Gasteiger partial charge in [-0.15, -0.1) is 0 Å². The highest BCUT2D eigenvalue weighted by atomic mass is 19.2. The van der Waals surface area contributed by atoms with Crippen LogP contribution in [0.5, 0.6) is 0 Å². The van der Waals surface area contributed by atoms with Gasteiger partial charge in [0.05, 0.1) is 6.10 Å². The molecule has 0 unspecified atom stereocenters. The fraction of sp³-hybridized carbons (Fsp3) is 0.417. The summed E-state index contributed by atoms with van der Waals surface area (Å²) in [5.74, 6) is 4.77. The lowest BCUT2D eigenvalue weighted by Gasteiger charge is -2.29. The number of halogens is 2. The van der Waals surface area contributed by atoms with E-state index >= 15 is 0 Å². The molecule has 0 saturated heterocycles. The van der Waals surface area contributed by atoms with Gasteiger partial charge in [0.1, 0.15) is 0 Å². The lowest BCUT2D eigenvalue weighted by Crippen LogP contribution is -2.21. The molecule has 1 aliphatic rings. The van der Waals surface area contributed by atoms with Crippen LogP contribution in [-0.4, -0.2) is 12.7 Å². The molecule has 1 fully saturated rings. The van der Waals surface area contributed by atoms with Gasteiger partial charge in [0.15, 0.2) is 11.6 Å². The number of hydrogen-bond acceptors (Lipinski definition) is 1. The summed E-state index contributed by atoms with van der Waals surface area (Å²) in [6, 6.07) is 12.0. The van der Waals surface area contributed by atoms with Crippen LogP contribution in [0.1, 0.15) is 68.1 Å². The normalized spacial score (nSPS) is 19.4. The van der Waals surface area contributed by atoms with Crippen molar-refractivity contribution < 1.29 is 13.5 Å². The molecule has 2 aromatic carbocycles. The fourth-order valence-corrected chi connectivity index (χ4v) is 3.51. The average Bonchev–Trinajstić information content (AvgIpc) is 2.70. The first-order valence-corrected chi connectivity index (χ1v) is 9.84. The Hall–Kier alpha value is -2.18. The van der Waals surface area contributed by atoms with E-state index in [1.54, 1.807) is 0 Å². The van der Waals surface area contributed by atoms with Gasteiger partial charge in [-0.1, -0.05) is 37.3 Å². The highest BCUT2D eigenvalue weighted by Crippen LogP contribution is 2.34. The maximum atomic E-state index is 13.2. The zero-order chi connectivity index (χ0) is 19.1. The Kier molecular flexibility index (Phi) is 7.01. The van der Waals surface area contributed by atoms with Crippen molar-refractivity contribution in [1.29, 1.82) is 0 Å². The monoisotopic (exact) mass is 368 g/mol. The number of hydrogen-bond donors (Lipinski definition) is 0. The van der Waals surface area contributed by atoms with Gasteiger partial charge in [-0.05, 0) is 73.9 Å². The molecule has 0 amide bonds. The quantitative estimate of drug-likeness (QED) is 0.450. The Bertz CT molecular complexity index is 793. The summed E-state index contributed by atoms with van der Waals surface area (Å²) in [6.07, 6.45) is 7.34. The number of unbranched alkanes of at least 4 members (excludes halogenated alkanes) is 1. The molecule has 2 aromatic rings. The topological polar surface area (TPSA) is 9.23 Å². The smallest absolute Gasteiger partial charge is 0.160 e. The van der Waals surface area contributed by atoms with Crippen LogP contribution in [0.2, 0.25) is 0 Å². The van der Waals surface area contributed by atoms with E-state index in [2.05, 4.69) is 30.9 Å². The highest BCUT2D eigenvalue weighted by molar-refractivity contribution is 5.44. The van der Waals surface area contributed by atoms with Crippen LogP contribution in [0.25, 0.3) is 0 Å². The summed E-state index contributed by atoms with van der Waals surface area (Å²) in [4.78, 5) is 0. The first-order chi connectivity index (χ1) is 13.2. The molecular weight excluding hydrogens is 342 g/mol. The van der Waals surface area contributed by atoms with Gasteiger partial charge >= 0.3 is 0 Å². The zero-order valence-corrected chi connectivity index (χ0v) is 15.8. The van der Waals surface area contributed by atoms with E-state index in [0.717, 1.165) is 56.4 Å². The molecule has 0 atom stereocenters. The Labute approximate surface area is 160 Å². The molecule has 27 heavy (non-hydrogen) atoms. The zero-order valence-electron chi connectivity index (χ0n) is 15.8. The van der Waals surface area contributed by atoms with Crippen molar-refractivity contribution in [2.75, 3.05) is 6.61 Å². The number of ether oxygens (including phenoxy) is 1. The summed E-state index contributed by atoms with van der Waals surface area (Å²) in [5, 5.41) is 0. The second-order valence-electron chi connectivity index (χ2n) is 7.20. The minimum absolute atomic E-state index is 0.425. The molecular formula is C24H26F2O. The Morgan fingerprint density at radius 2 is 1.56 bits per heavy atom. The van der Waals surface area contributed by atoms with Crippen molar-refractivity contribution >= 4 is 0 Å². The minimum atomic E-state index is -0.869. The van der Waals surface area contributed by atoms with Crippen LogP contribution < -0.4 is 0 Å². The molecule has 1 saturated carbocycles. The molecule has 1 aliphatic carbocycles. The predicted octanol–water partition coefficient (Wildman–Crippen LogP) is 6.21. The van der Waals surface area contributed by atoms with Gasteiger partial charge < -0.3 is 4.74 Å². The molecule has 3 heteroatoms. The van der Waals surface area contributed by atoms with E-state index in [4.69, 9.17) is 4.74 Å². The van der Waals surface area contributed by atoms with Gasteiger partial charge in [0.2, 0.25) is 0 Å². The number of benzene rings is 2. The molecule has 1 nitrogen and oxygen atoms in total. The van der Waals surface area contributed by atoms with Gasteiger partial charge in [0, 0.05) is 17.7 Å². The van der Waals surface area contributed by atoms with Crippen molar-refractivity contribution in [3.05, 3.63) is 70.8 Å². The van der Waals surface area contributed by atoms with E-state index in [1.807, 2.05) is 12.1 Å². The first kappa shape index (κ1) is 19.6. The maximum Gasteiger partial charge on any atom is 0.160 e. The minimum Gasteiger partial charge on any atom is -0.378 e. The Balaban J connectivity index is 1.55. The van der Waals surface area contributed by atoms with E-state index in [1.165, 1.54) is 18.1 Å². The summed E-state index contributed by atoms with van der Waals surface area (Å²) >= 11 is 0. The van der Waals surface area contributed by atoms with Crippen LogP contribution in [-0.2, 0) is 4.74 Å². The van der Waals surface area contributed by atoms with Crippen molar-refractivity contribution in [3.63, 3.8) is 0 Å². The average molecular weight is 368 g/mol. The van der Waals surface area contributed by atoms with Gasteiger partial charge in [-0.3, -0.25) is 0 Å². The summed E-state index contributed by atoms with van der Waals surface area (Å²) in [5.41, 5.74) is 2.69. The lowest BCUT2D eigenvalue weighted by atomic mass is 9.82. The van der Waals surface area contributed by atoms with Crippen LogP contribution in [0, 0.1) is 23.5 Å². The van der Waals surface area contributed by atoms with Crippen LogP contribution >= 0.6 is 0 Å². The molecule has 0 bridgehead atoms. The summed E-state index contributed by atoms with van der Waals surface area (Å²) in [6.45, 7) is 3.07. The standard InChI is InChI=1S/C24H26F2O/c1-2-3-16-27-22-13-11-21(12-14-22)20-9-6-18(7-10-20)4-5-19-8-15-23(25)24(26)17-19/h6-10,15,17,21-22H,2-3,11-14,16H2,1H3. The van der Waals surface area contributed by atoms with Crippen molar-refractivity contribution in [3.8, 4) is 11.8 Å².